The zero-order valence-electron chi connectivity index (χ0n) is 7.28. The van der Waals surface area contributed by atoms with E-state index >= 15 is 0 Å². The van der Waals surface area contributed by atoms with Crippen molar-refractivity contribution in [2.24, 2.45) is 10.2 Å². The fourth-order valence-corrected chi connectivity index (χ4v) is 1.05. The predicted molar refractivity (Wildman–Crippen MR) is 52.4 cm³/mol. The van der Waals surface area contributed by atoms with E-state index in [-0.39, 0.29) is 0 Å². The average molecular weight is 174 g/mol. The Kier molecular flexibility index (Phi) is 1.96. The predicted octanol–water partition coefficient (Wildman–Crippen LogP) is 0.874. The highest BCUT2D eigenvalue weighted by molar-refractivity contribution is 6.01. The zero-order chi connectivity index (χ0) is 9.10. The molecule has 0 saturated carbocycles. The van der Waals surface area contributed by atoms with E-state index in [2.05, 4.69) is 21.1 Å². The lowest BCUT2D eigenvalue weighted by Crippen LogP contribution is -2.43. The fourth-order valence-electron chi connectivity index (χ4n) is 1.05. The van der Waals surface area contributed by atoms with Gasteiger partial charge in [0.1, 0.15) is 5.84 Å². The monoisotopic (exact) mass is 174 g/mol. The number of hydrogen-bond acceptors (Lipinski definition) is 4. The van der Waals surface area contributed by atoms with Crippen molar-refractivity contribution < 1.29 is 0 Å². The molecular weight excluding hydrogens is 164 g/mol. The first-order valence-electron chi connectivity index (χ1n) is 4.06. The summed E-state index contributed by atoms with van der Waals surface area (Å²) in [4.78, 5) is 0. The largest absolute Gasteiger partial charge is 0.285 e. The molecule has 13 heavy (non-hydrogen) atoms. The van der Waals surface area contributed by atoms with Crippen LogP contribution in [0.4, 0.5) is 0 Å². The molecule has 0 amide bonds. The van der Waals surface area contributed by atoms with Crippen molar-refractivity contribution >= 4 is 11.7 Å². The van der Waals surface area contributed by atoms with E-state index in [1.807, 2.05) is 37.3 Å². The molecule has 0 bridgehead atoms. The third-order valence-corrected chi connectivity index (χ3v) is 1.71. The second kappa shape index (κ2) is 3.26. The van der Waals surface area contributed by atoms with Crippen LogP contribution in [0, 0.1) is 0 Å². The summed E-state index contributed by atoms with van der Waals surface area (Å²) in [7, 11) is 0. The molecule has 0 unspecified atom stereocenters. The van der Waals surface area contributed by atoms with Crippen LogP contribution < -0.4 is 10.9 Å². The first-order chi connectivity index (χ1) is 6.36. The summed E-state index contributed by atoms with van der Waals surface area (Å²) in [5.41, 5.74) is 6.87. The van der Waals surface area contributed by atoms with Gasteiger partial charge < -0.3 is 0 Å². The molecule has 0 aliphatic carbocycles. The van der Waals surface area contributed by atoms with Crippen LogP contribution in [0.15, 0.2) is 40.5 Å². The number of nitrogens with zero attached hydrogens (tertiary/aromatic N) is 2. The van der Waals surface area contributed by atoms with Gasteiger partial charge in [0.15, 0.2) is 5.84 Å². The summed E-state index contributed by atoms with van der Waals surface area (Å²) in [6, 6.07) is 9.84. The molecule has 0 aromatic heterocycles. The minimum absolute atomic E-state index is 0.742. The second-order valence-corrected chi connectivity index (χ2v) is 2.75. The van der Waals surface area contributed by atoms with Crippen molar-refractivity contribution in [2.45, 2.75) is 6.92 Å². The molecule has 66 valence electrons. The molecular formula is C9H10N4. The lowest BCUT2D eigenvalue weighted by Gasteiger charge is -2.13. The third kappa shape index (κ3) is 1.66. The SMILES string of the molecule is CC1=NN=C(c2ccccc2)NN1. The van der Waals surface area contributed by atoms with Gasteiger partial charge in [-0.15, -0.1) is 10.2 Å². The van der Waals surface area contributed by atoms with Gasteiger partial charge in [-0.05, 0) is 6.92 Å². The van der Waals surface area contributed by atoms with Crippen molar-refractivity contribution in [3.8, 4) is 0 Å². The maximum Gasteiger partial charge on any atom is 0.174 e. The van der Waals surface area contributed by atoms with Gasteiger partial charge in [0.2, 0.25) is 0 Å². The number of hydrogen-bond donors (Lipinski definition) is 2. The van der Waals surface area contributed by atoms with Gasteiger partial charge in [0.25, 0.3) is 0 Å². The highest BCUT2D eigenvalue weighted by Gasteiger charge is 2.05. The highest BCUT2D eigenvalue weighted by Crippen LogP contribution is 2.00. The summed E-state index contributed by atoms with van der Waals surface area (Å²) < 4.78 is 0. The first kappa shape index (κ1) is 7.79. The van der Waals surface area contributed by atoms with E-state index < -0.39 is 0 Å². The van der Waals surface area contributed by atoms with E-state index in [1.54, 1.807) is 0 Å². The van der Waals surface area contributed by atoms with E-state index in [0.717, 1.165) is 17.2 Å². The number of hydrazine groups is 1. The molecule has 2 N–H and O–H groups in total. The van der Waals surface area contributed by atoms with Crippen LogP contribution >= 0.6 is 0 Å². The molecule has 0 fully saturated rings. The topological polar surface area (TPSA) is 48.8 Å². The number of benzene rings is 1. The Morgan fingerprint density at radius 1 is 1.00 bits per heavy atom. The number of nitrogens with one attached hydrogen (secondary N) is 2. The van der Waals surface area contributed by atoms with Crippen LogP contribution in [0.1, 0.15) is 12.5 Å². The molecule has 0 atom stereocenters. The van der Waals surface area contributed by atoms with E-state index in [0.29, 0.717) is 0 Å². The van der Waals surface area contributed by atoms with Crippen molar-refractivity contribution in [1.82, 2.24) is 10.9 Å². The minimum Gasteiger partial charge on any atom is -0.285 e. The second-order valence-electron chi connectivity index (χ2n) is 2.75. The normalized spacial score (nSPS) is 15.2. The molecule has 0 saturated heterocycles. The molecule has 1 aromatic rings. The van der Waals surface area contributed by atoms with Gasteiger partial charge in [0, 0.05) is 5.56 Å². The van der Waals surface area contributed by atoms with E-state index in [1.165, 1.54) is 0 Å². The van der Waals surface area contributed by atoms with E-state index in [4.69, 9.17) is 0 Å². The molecule has 2 rings (SSSR count). The summed E-state index contributed by atoms with van der Waals surface area (Å²) in [5.74, 6) is 1.51. The maximum absolute atomic E-state index is 4.01. The molecule has 0 radical (unpaired) electrons. The summed E-state index contributed by atoms with van der Waals surface area (Å²) >= 11 is 0. The Morgan fingerprint density at radius 3 is 2.38 bits per heavy atom. The van der Waals surface area contributed by atoms with Crippen LogP contribution in [0.3, 0.4) is 0 Å². The highest BCUT2D eigenvalue weighted by atomic mass is 15.5. The first-order valence-corrected chi connectivity index (χ1v) is 4.06. The van der Waals surface area contributed by atoms with Crippen LogP contribution in [0.2, 0.25) is 0 Å². The van der Waals surface area contributed by atoms with Crippen LogP contribution in [-0.2, 0) is 0 Å². The summed E-state index contributed by atoms with van der Waals surface area (Å²) in [5, 5.41) is 7.93. The van der Waals surface area contributed by atoms with Crippen molar-refractivity contribution in [2.75, 3.05) is 0 Å². The van der Waals surface area contributed by atoms with Gasteiger partial charge in [-0.25, -0.2) is 0 Å². The molecule has 0 spiro atoms. The summed E-state index contributed by atoms with van der Waals surface area (Å²) in [6.07, 6.45) is 0. The molecule has 1 aliphatic rings. The van der Waals surface area contributed by atoms with Crippen LogP contribution in [0.5, 0.6) is 0 Å². The number of rotatable bonds is 1. The molecule has 4 nitrogen and oxygen atoms in total. The Hall–Kier alpha value is -1.84. The quantitative estimate of drug-likeness (QED) is 0.663. The van der Waals surface area contributed by atoms with Gasteiger partial charge in [-0.3, -0.25) is 10.9 Å². The fraction of sp³-hybridized carbons (Fsp3) is 0.111. The molecule has 1 aromatic carbocycles. The van der Waals surface area contributed by atoms with Crippen molar-refractivity contribution in [3.63, 3.8) is 0 Å². The Bertz CT molecular complexity index is 353. The van der Waals surface area contributed by atoms with Crippen LogP contribution in [-0.4, -0.2) is 11.7 Å². The van der Waals surface area contributed by atoms with Gasteiger partial charge in [-0.2, -0.15) is 0 Å². The lowest BCUT2D eigenvalue weighted by molar-refractivity contribution is 0.820. The van der Waals surface area contributed by atoms with Crippen LogP contribution in [0.25, 0.3) is 0 Å². The maximum atomic E-state index is 4.01. The van der Waals surface area contributed by atoms with Gasteiger partial charge >= 0.3 is 0 Å². The summed E-state index contributed by atoms with van der Waals surface area (Å²) in [6.45, 7) is 1.85. The third-order valence-electron chi connectivity index (χ3n) is 1.71. The van der Waals surface area contributed by atoms with Gasteiger partial charge in [0.05, 0.1) is 0 Å². The molecule has 1 aliphatic heterocycles. The number of amidine groups is 2. The van der Waals surface area contributed by atoms with E-state index in [9.17, 15) is 0 Å². The lowest BCUT2D eigenvalue weighted by atomic mass is 10.2. The smallest absolute Gasteiger partial charge is 0.174 e. The Labute approximate surface area is 76.4 Å². The zero-order valence-corrected chi connectivity index (χ0v) is 7.28. The molecule has 4 heteroatoms. The minimum atomic E-state index is 0.742. The molecule has 1 heterocycles. The Balaban J connectivity index is 2.29. The average Bonchev–Trinajstić information content (AvgIpc) is 2.20. The van der Waals surface area contributed by atoms with Gasteiger partial charge in [-0.1, -0.05) is 30.3 Å². The standard InChI is InChI=1S/C9H10N4/c1-7-10-12-9(13-11-7)8-5-3-2-4-6-8/h2-6H,1H3,(H,10,11)(H,12,13). The van der Waals surface area contributed by atoms with Crippen molar-refractivity contribution in [3.05, 3.63) is 35.9 Å². The Morgan fingerprint density at radius 2 is 1.77 bits per heavy atom. The van der Waals surface area contributed by atoms with Crippen molar-refractivity contribution in [1.29, 1.82) is 0 Å².